The monoisotopic (exact) mass is 439 g/mol. The summed E-state index contributed by atoms with van der Waals surface area (Å²) in [6.07, 6.45) is 3.17. The predicted octanol–water partition coefficient (Wildman–Crippen LogP) is 1.44. The molecule has 1 fully saturated rings. The molecule has 1 N–H and O–H groups in total. The van der Waals surface area contributed by atoms with Gasteiger partial charge in [-0.15, -0.1) is 0 Å². The number of aromatic amines is 1. The van der Waals surface area contributed by atoms with Crippen LogP contribution in [0.5, 0.6) is 0 Å². The molecule has 3 aromatic heterocycles. The Hall–Kier alpha value is -3.43. The van der Waals surface area contributed by atoms with Crippen molar-refractivity contribution in [2.75, 3.05) is 31.1 Å². The molecule has 32 heavy (non-hydrogen) atoms. The fourth-order valence-electron chi connectivity index (χ4n) is 4.11. The molecule has 10 nitrogen and oxygen atoms in total. The van der Waals surface area contributed by atoms with E-state index >= 15 is 0 Å². The Morgan fingerprint density at radius 3 is 2.31 bits per heavy atom. The summed E-state index contributed by atoms with van der Waals surface area (Å²) in [7, 11) is 0. The van der Waals surface area contributed by atoms with Gasteiger partial charge in [0.15, 0.2) is 5.65 Å². The summed E-state index contributed by atoms with van der Waals surface area (Å²) in [5.74, 6) is 1.44. The third-order valence-electron chi connectivity index (χ3n) is 5.83. The number of hydrogen-bond donors (Lipinski definition) is 1. The molecule has 1 amide bonds. The molecule has 0 saturated carbocycles. The van der Waals surface area contributed by atoms with Crippen molar-refractivity contribution in [3.8, 4) is 11.4 Å². The van der Waals surface area contributed by atoms with Crippen LogP contribution in [0.15, 0.2) is 27.9 Å². The van der Waals surface area contributed by atoms with Crippen molar-refractivity contribution in [3.63, 3.8) is 0 Å². The second-order valence-electron chi connectivity index (χ2n) is 8.07. The number of rotatable bonds is 6. The van der Waals surface area contributed by atoms with Crippen molar-refractivity contribution in [3.05, 3.63) is 39.2 Å². The second kappa shape index (κ2) is 8.97. The van der Waals surface area contributed by atoms with Crippen LogP contribution < -0.4 is 16.1 Å². The zero-order valence-corrected chi connectivity index (χ0v) is 18.8. The van der Waals surface area contributed by atoms with Crippen LogP contribution in [0.2, 0.25) is 0 Å². The van der Waals surface area contributed by atoms with Crippen LogP contribution in [-0.2, 0) is 17.9 Å². The number of aryl methyl sites for hydroxylation is 1. The largest absolute Gasteiger partial charge is 0.353 e. The molecular formula is C22H29N7O3. The topological polar surface area (TPSA) is 109 Å². The first-order valence-corrected chi connectivity index (χ1v) is 11.1. The van der Waals surface area contributed by atoms with E-state index < -0.39 is 0 Å². The van der Waals surface area contributed by atoms with Gasteiger partial charge in [-0.2, -0.15) is 0 Å². The number of hydrogen-bond acceptors (Lipinski definition) is 6. The lowest BCUT2D eigenvalue weighted by atomic mass is 10.2. The summed E-state index contributed by atoms with van der Waals surface area (Å²) >= 11 is 0. The molecule has 0 aliphatic carbocycles. The van der Waals surface area contributed by atoms with Crippen LogP contribution in [0.3, 0.4) is 0 Å². The minimum atomic E-state index is -0.342. The van der Waals surface area contributed by atoms with Crippen molar-refractivity contribution in [1.29, 1.82) is 0 Å². The van der Waals surface area contributed by atoms with Gasteiger partial charge in [-0.25, -0.2) is 14.8 Å². The first kappa shape index (κ1) is 21.8. The molecule has 0 unspecified atom stereocenters. The molecule has 0 aromatic carbocycles. The molecule has 4 heterocycles. The van der Waals surface area contributed by atoms with E-state index in [1.807, 2.05) is 30.9 Å². The molecule has 3 aromatic rings. The van der Waals surface area contributed by atoms with Crippen LogP contribution in [0, 0.1) is 0 Å². The molecule has 0 atom stereocenters. The number of fused-ring (bicyclic) bond motifs is 1. The number of amides is 1. The first-order chi connectivity index (χ1) is 15.4. The highest BCUT2D eigenvalue weighted by Crippen LogP contribution is 2.21. The van der Waals surface area contributed by atoms with Gasteiger partial charge in [0.05, 0.1) is 0 Å². The molecule has 1 aliphatic rings. The summed E-state index contributed by atoms with van der Waals surface area (Å²) in [5.41, 5.74) is 0.803. The van der Waals surface area contributed by atoms with Crippen molar-refractivity contribution in [2.24, 2.45) is 0 Å². The van der Waals surface area contributed by atoms with Gasteiger partial charge in [0.2, 0.25) is 5.91 Å². The normalized spacial score (nSPS) is 14.3. The summed E-state index contributed by atoms with van der Waals surface area (Å²) < 4.78 is 2.85. The Labute approximate surface area is 185 Å². The third kappa shape index (κ3) is 3.92. The van der Waals surface area contributed by atoms with E-state index in [2.05, 4.69) is 19.9 Å². The highest BCUT2D eigenvalue weighted by Gasteiger charge is 2.20. The number of carbonyl (C=O) groups excluding carboxylic acids is 1. The number of nitrogens with zero attached hydrogens (tertiary/aromatic N) is 6. The summed E-state index contributed by atoms with van der Waals surface area (Å²) in [5, 5.41) is 0. The van der Waals surface area contributed by atoms with Gasteiger partial charge in [-0.05, 0) is 25.0 Å². The van der Waals surface area contributed by atoms with Crippen LogP contribution >= 0.6 is 0 Å². The van der Waals surface area contributed by atoms with E-state index in [4.69, 9.17) is 0 Å². The minimum absolute atomic E-state index is 0.0948. The maximum atomic E-state index is 12.9. The average molecular weight is 440 g/mol. The van der Waals surface area contributed by atoms with Crippen molar-refractivity contribution in [2.45, 2.75) is 46.7 Å². The Morgan fingerprint density at radius 2 is 1.72 bits per heavy atom. The Balaban J connectivity index is 1.66. The van der Waals surface area contributed by atoms with Gasteiger partial charge >= 0.3 is 5.69 Å². The maximum Gasteiger partial charge on any atom is 0.332 e. The minimum Gasteiger partial charge on any atom is -0.353 e. The van der Waals surface area contributed by atoms with Crippen LogP contribution in [0.1, 0.15) is 33.6 Å². The van der Waals surface area contributed by atoms with Gasteiger partial charge < -0.3 is 14.8 Å². The predicted molar refractivity (Wildman–Crippen MR) is 123 cm³/mol. The highest BCUT2D eigenvalue weighted by atomic mass is 16.2. The zero-order valence-electron chi connectivity index (χ0n) is 18.8. The van der Waals surface area contributed by atoms with Gasteiger partial charge in [0.1, 0.15) is 17.2 Å². The standard InChI is InChI=1S/C22H29N7O3/c1-4-8-28-20-18(21(31)29(9-5-2)22(28)32)24-19(25-20)16-6-7-17(23-14-16)27-12-10-26(11-13-27)15(3)30/h6-7,14H,4-5,8-13H2,1-3H3,(H,24,25). The summed E-state index contributed by atoms with van der Waals surface area (Å²) in [4.78, 5) is 53.5. The zero-order chi connectivity index (χ0) is 22.8. The molecule has 10 heteroatoms. The van der Waals surface area contributed by atoms with E-state index in [9.17, 15) is 14.4 Å². The fraction of sp³-hybridized carbons (Fsp3) is 0.500. The van der Waals surface area contributed by atoms with Gasteiger partial charge in [-0.1, -0.05) is 13.8 Å². The number of nitrogens with one attached hydrogen (secondary N) is 1. The van der Waals surface area contributed by atoms with Crippen molar-refractivity contribution < 1.29 is 4.79 Å². The van der Waals surface area contributed by atoms with Crippen LogP contribution in [0.4, 0.5) is 5.82 Å². The number of pyridine rings is 1. The van der Waals surface area contributed by atoms with Gasteiger partial charge in [0.25, 0.3) is 5.56 Å². The fourth-order valence-corrected chi connectivity index (χ4v) is 4.11. The lowest BCUT2D eigenvalue weighted by Gasteiger charge is -2.34. The van der Waals surface area contributed by atoms with E-state index in [-0.39, 0.29) is 17.2 Å². The van der Waals surface area contributed by atoms with Gasteiger partial charge in [0, 0.05) is 58.0 Å². The van der Waals surface area contributed by atoms with Crippen molar-refractivity contribution >= 4 is 22.9 Å². The number of anilines is 1. The third-order valence-corrected chi connectivity index (χ3v) is 5.83. The number of piperazine rings is 1. The summed E-state index contributed by atoms with van der Waals surface area (Å²) in [6.45, 7) is 9.21. The van der Waals surface area contributed by atoms with Crippen LogP contribution in [0.25, 0.3) is 22.6 Å². The molecule has 0 bridgehead atoms. The Morgan fingerprint density at radius 1 is 1.03 bits per heavy atom. The molecule has 170 valence electrons. The van der Waals surface area contributed by atoms with E-state index in [1.165, 1.54) is 4.57 Å². The molecule has 0 spiro atoms. The molecule has 0 radical (unpaired) electrons. The summed E-state index contributed by atoms with van der Waals surface area (Å²) in [6, 6.07) is 3.82. The Bertz CT molecular complexity index is 1230. The highest BCUT2D eigenvalue weighted by molar-refractivity contribution is 5.75. The lowest BCUT2D eigenvalue weighted by molar-refractivity contribution is -0.129. The molecule has 4 rings (SSSR count). The van der Waals surface area contributed by atoms with E-state index in [1.54, 1.807) is 17.7 Å². The Kier molecular flexibility index (Phi) is 6.11. The SMILES string of the molecule is CCCn1c(=O)c2[nH]c(-c3ccc(N4CCN(C(C)=O)CC4)nc3)nc2n(CCC)c1=O. The maximum absolute atomic E-state index is 12.9. The van der Waals surface area contributed by atoms with E-state index in [0.29, 0.717) is 49.6 Å². The van der Waals surface area contributed by atoms with Gasteiger partial charge in [-0.3, -0.25) is 18.7 Å². The molecule has 1 saturated heterocycles. The van der Waals surface area contributed by atoms with Crippen LogP contribution in [-0.4, -0.2) is 61.1 Å². The molecule has 1 aliphatic heterocycles. The number of aromatic nitrogens is 5. The quantitative estimate of drug-likeness (QED) is 0.622. The average Bonchev–Trinajstić information content (AvgIpc) is 3.25. The lowest BCUT2D eigenvalue weighted by Crippen LogP contribution is -2.48. The number of H-pyrrole nitrogens is 1. The smallest absolute Gasteiger partial charge is 0.332 e. The second-order valence-corrected chi connectivity index (χ2v) is 8.07. The number of carbonyl (C=O) groups is 1. The van der Waals surface area contributed by atoms with E-state index in [0.717, 1.165) is 30.9 Å². The first-order valence-electron chi connectivity index (χ1n) is 11.1. The number of imidazole rings is 1. The molecular weight excluding hydrogens is 410 g/mol. The van der Waals surface area contributed by atoms with Crippen molar-refractivity contribution in [1.82, 2.24) is 29.0 Å².